The van der Waals surface area contributed by atoms with Crippen LogP contribution in [0.3, 0.4) is 0 Å². The van der Waals surface area contributed by atoms with Gasteiger partial charge in [-0.15, -0.1) is 11.3 Å². The summed E-state index contributed by atoms with van der Waals surface area (Å²) in [6, 6.07) is 12.3. The number of benzene rings is 2. The summed E-state index contributed by atoms with van der Waals surface area (Å²) >= 11 is 1.48. The summed E-state index contributed by atoms with van der Waals surface area (Å²) in [6.07, 6.45) is 0. The largest absolute Gasteiger partial charge is 0.507 e. The average Bonchev–Trinajstić information content (AvgIpc) is 3.12. The topological polar surface area (TPSA) is 99.1 Å². The lowest BCUT2D eigenvalue weighted by molar-refractivity contribution is 0.0998. The molecule has 1 heterocycles. The van der Waals surface area contributed by atoms with E-state index in [0.29, 0.717) is 6.61 Å². The summed E-state index contributed by atoms with van der Waals surface area (Å²) in [6.45, 7) is 2.52. The second kappa shape index (κ2) is 8.93. The molecule has 8 heteroatoms. The van der Waals surface area contributed by atoms with Crippen molar-refractivity contribution in [3.63, 3.8) is 0 Å². The number of aromatic nitrogens is 1. The van der Waals surface area contributed by atoms with E-state index in [1.54, 1.807) is 26.4 Å². The lowest BCUT2D eigenvalue weighted by Gasteiger charge is -2.17. The van der Waals surface area contributed by atoms with Crippen LogP contribution >= 0.6 is 11.3 Å². The number of thiazole rings is 1. The third-order valence-corrected chi connectivity index (χ3v) is 5.29. The first-order valence-corrected chi connectivity index (χ1v) is 9.83. The molecule has 0 fully saturated rings. The molecule has 0 radical (unpaired) electrons. The number of aromatic hydroxyl groups is 1. The third kappa shape index (κ3) is 4.49. The van der Waals surface area contributed by atoms with Gasteiger partial charge in [0.15, 0.2) is 4.80 Å². The zero-order valence-corrected chi connectivity index (χ0v) is 17.3. The molecule has 3 aromatic rings. The Labute approximate surface area is 172 Å². The van der Waals surface area contributed by atoms with Gasteiger partial charge in [-0.05, 0) is 49.4 Å². The monoisotopic (exact) mass is 413 g/mol. The predicted octanol–water partition coefficient (Wildman–Crippen LogP) is 3.47. The minimum atomic E-state index is -0.681. The SMILES string of the molecule is COC[C@H](C)n1c(-c2ccc(O)c(C(N)=O)c2)csc1=Nc1ccc(OC)cc1. The summed E-state index contributed by atoms with van der Waals surface area (Å²) in [5.74, 6) is -0.0603. The van der Waals surface area contributed by atoms with Crippen molar-refractivity contribution < 1.29 is 19.4 Å². The van der Waals surface area contributed by atoms with Gasteiger partial charge >= 0.3 is 0 Å². The number of rotatable bonds is 7. The van der Waals surface area contributed by atoms with E-state index in [0.717, 1.165) is 27.5 Å². The van der Waals surface area contributed by atoms with Crippen LogP contribution in [0, 0.1) is 0 Å². The van der Waals surface area contributed by atoms with Gasteiger partial charge in [-0.1, -0.05) is 0 Å². The molecule has 0 aliphatic rings. The Balaban J connectivity index is 2.15. The van der Waals surface area contributed by atoms with E-state index in [1.807, 2.05) is 36.6 Å². The Morgan fingerprint density at radius 1 is 1.24 bits per heavy atom. The minimum absolute atomic E-state index is 0.0101. The summed E-state index contributed by atoms with van der Waals surface area (Å²) in [5.41, 5.74) is 7.87. The fraction of sp³-hybridized carbons (Fsp3) is 0.238. The van der Waals surface area contributed by atoms with E-state index in [9.17, 15) is 9.90 Å². The number of hydrogen-bond donors (Lipinski definition) is 2. The zero-order valence-electron chi connectivity index (χ0n) is 16.5. The van der Waals surface area contributed by atoms with E-state index in [1.165, 1.54) is 17.4 Å². The van der Waals surface area contributed by atoms with Crippen LogP contribution in [0.1, 0.15) is 23.3 Å². The van der Waals surface area contributed by atoms with Crippen LogP contribution in [0.4, 0.5) is 5.69 Å². The number of primary amides is 1. The van der Waals surface area contributed by atoms with Crippen LogP contribution in [0.2, 0.25) is 0 Å². The number of amides is 1. The Morgan fingerprint density at radius 3 is 2.59 bits per heavy atom. The smallest absolute Gasteiger partial charge is 0.252 e. The Morgan fingerprint density at radius 2 is 1.97 bits per heavy atom. The van der Waals surface area contributed by atoms with Crippen molar-refractivity contribution in [3.8, 4) is 22.8 Å². The van der Waals surface area contributed by atoms with Crippen LogP contribution in [0.5, 0.6) is 11.5 Å². The third-order valence-electron chi connectivity index (χ3n) is 4.45. The molecular weight excluding hydrogens is 390 g/mol. The van der Waals surface area contributed by atoms with E-state index in [-0.39, 0.29) is 17.4 Å². The van der Waals surface area contributed by atoms with Crippen LogP contribution in [-0.2, 0) is 4.74 Å². The van der Waals surface area contributed by atoms with Crippen molar-refractivity contribution in [2.75, 3.05) is 20.8 Å². The van der Waals surface area contributed by atoms with Crippen molar-refractivity contribution in [1.82, 2.24) is 4.57 Å². The molecular formula is C21H23N3O4S. The fourth-order valence-electron chi connectivity index (χ4n) is 3.01. The van der Waals surface area contributed by atoms with Gasteiger partial charge in [0.1, 0.15) is 11.5 Å². The van der Waals surface area contributed by atoms with Gasteiger partial charge in [-0.3, -0.25) is 4.79 Å². The number of methoxy groups -OCH3 is 2. The fourth-order valence-corrected chi connectivity index (χ4v) is 4.03. The number of ether oxygens (including phenoxy) is 2. The molecule has 3 rings (SSSR count). The lowest BCUT2D eigenvalue weighted by atomic mass is 10.1. The molecule has 0 aliphatic heterocycles. The normalized spacial score (nSPS) is 12.7. The van der Waals surface area contributed by atoms with E-state index in [2.05, 4.69) is 4.57 Å². The predicted molar refractivity (Wildman–Crippen MR) is 113 cm³/mol. The van der Waals surface area contributed by atoms with Gasteiger partial charge in [0.25, 0.3) is 5.91 Å². The van der Waals surface area contributed by atoms with Crippen LogP contribution < -0.4 is 15.3 Å². The number of carbonyl (C=O) groups is 1. The molecule has 0 unspecified atom stereocenters. The highest BCUT2D eigenvalue weighted by Gasteiger charge is 2.16. The molecule has 1 atom stereocenters. The number of phenols is 1. The number of nitrogens with zero attached hydrogens (tertiary/aromatic N) is 2. The highest BCUT2D eigenvalue weighted by Crippen LogP contribution is 2.28. The quantitative estimate of drug-likeness (QED) is 0.619. The van der Waals surface area contributed by atoms with Gasteiger partial charge in [0.05, 0.1) is 36.7 Å². The van der Waals surface area contributed by atoms with E-state index >= 15 is 0 Å². The average molecular weight is 413 g/mol. The molecule has 0 aliphatic carbocycles. The van der Waals surface area contributed by atoms with Crippen molar-refractivity contribution >= 4 is 22.9 Å². The van der Waals surface area contributed by atoms with E-state index < -0.39 is 5.91 Å². The summed E-state index contributed by atoms with van der Waals surface area (Å²) in [7, 11) is 3.27. The van der Waals surface area contributed by atoms with Gasteiger partial charge in [-0.2, -0.15) is 0 Å². The molecule has 7 nitrogen and oxygen atoms in total. The molecule has 0 saturated heterocycles. The molecule has 29 heavy (non-hydrogen) atoms. The zero-order chi connectivity index (χ0) is 21.0. The maximum Gasteiger partial charge on any atom is 0.252 e. The van der Waals surface area contributed by atoms with Crippen LogP contribution in [0.15, 0.2) is 52.8 Å². The Hall–Kier alpha value is -3.10. The lowest BCUT2D eigenvalue weighted by Crippen LogP contribution is -2.23. The Bertz CT molecular complexity index is 1070. The first kappa shape index (κ1) is 20.6. The van der Waals surface area contributed by atoms with Crippen LogP contribution in [-0.4, -0.2) is 36.4 Å². The first-order valence-electron chi connectivity index (χ1n) is 8.95. The molecule has 0 bridgehead atoms. The summed E-state index contributed by atoms with van der Waals surface area (Å²) in [4.78, 5) is 17.2. The van der Waals surface area contributed by atoms with E-state index in [4.69, 9.17) is 20.2 Å². The highest BCUT2D eigenvalue weighted by atomic mass is 32.1. The van der Waals surface area contributed by atoms with Gasteiger partial charge in [-0.25, -0.2) is 4.99 Å². The number of hydrogen-bond acceptors (Lipinski definition) is 6. The van der Waals surface area contributed by atoms with Crippen molar-refractivity contribution in [3.05, 3.63) is 58.2 Å². The second-order valence-electron chi connectivity index (χ2n) is 6.48. The molecule has 152 valence electrons. The van der Waals surface area contributed by atoms with Gasteiger partial charge < -0.3 is 24.9 Å². The van der Waals surface area contributed by atoms with Crippen molar-refractivity contribution in [1.29, 1.82) is 0 Å². The van der Waals surface area contributed by atoms with Gasteiger partial charge in [0.2, 0.25) is 0 Å². The van der Waals surface area contributed by atoms with Crippen LogP contribution in [0.25, 0.3) is 11.3 Å². The first-order chi connectivity index (χ1) is 13.9. The maximum absolute atomic E-state index is 11.6. The van der Waals surface area contributed by atoms with Gasteiger partial charge in [0, 0.05) is 18.1 Å². The number of carbonyl (C=O) groups excluding carboxylic acids is 1. The minimum Gasteiger partial charge on any atom is -0.507 e. The molecule has 1 aromatic heterocycles. The second-order valence-corrected chi connectivity index (χ2v) is 7.32. The standard InChI is InChI=1S/C21H23N3O4S/c1-13(11-27-2)24-18(14-4-9-19(25)17(10-14)20(22)26)12-29-21(24)23-15-5-7-16(28-3)8-6-15/h4-10,12-13,25H,11H2,1-3H3,(H2,22,26)/t13-/m0/s1. The molecule has 2 aromatic carbocycles. The summed E-state index contributed by atoms with van der Waals surface area (Å²) in [5, 5.41) is 11.9. The Kier molecular flexibility index (Phi) is 6.36. The summed E-state index contributed by atoms with van der Waals surface area (Å²) < 4.78 is 12.6. The molecule has 1 amide bonds. The molecule has 0 spiro atoms. The van der Waals surface area contributed by atoms with Crippen molar-refractivity contribution in [2.45, 2.75) is 13.0 Å². The van der Waals surface area contributed by atoms with Crippen molar-refractivity contribution in [2.24, 2.45) is 10.7 Å². The number of nitrogens with two attached hydrogens (primary N) is 1. The maximum atomic E-state index is 11.6. The highest BCUT2D eigenvalue weighted by molar-refractivity contribution is 7.07. The molecule has 0 saturated carbocycles. The molecule has 3 N–H and O–H groups in total.